The molecule has 124 valence electrons. The number of pyridine rings is 2. The van der Waals surface area contributed by atoms with E-state index in [4.69, 9.17) is 10.5 Å². The molecule has 0 saturated carbocycles. The van der Waals surface area contributed by atoms with Gasteiger partial charge in [-0.15, -0.1) is 0 Å². The maximum Gasteiger partial charge on any atom is 0.251 e. The third-order valence-electron chi connectivity index (χ3n) is 4.27. The summed E-state index contributed by atoms with van der Waals surface area (Å²) in [5, 5.41) is 2.82. The summed E-state index contributed by atoms with van der Waals surface area (Å²) in [6.45, 7) is 0.574. The molecule has 0 saturated heterocycles. The van der Waals surface area contributed by atoms with Gasteiger partial charge >= 0.3 is 0 Å². The monoisotopic (exact) mass is 332 g/mol. The Labute approximate surface area is 144 Å². The number of ether oxygens (including phenoxy) is 1. The first-order valence-corrected chi connectivity index (χ1v) is 7.84. The van der Waals surface area contributed by atoms with Crippen molar-refractivity contribution in [3.63, 3.8) is 0 Å². The smallest absolute Gasteiger partial charge is 0.251 e. The molecule has 4 rings (SSSR count). The van der Waals surface area contributed by atoms with Crippen molar-refractivity contribution >= 4 is 11.7 Å². The second-order valence-corrected chi connectivity index (χ2v) is 5.77. The number of nitrogen functional groups attached to an aromatic ring is 1. The highest BCUT2D eigenvalue weighted by Crippen LogP contribution is 2.30. The molecule has 6 heteroatoms. The molecule has 1 aliphatic rings. The van der Waals surface area contributed by atoms with Gasteiger partial charge in [-0.25, -0.2) is 9.97 Å². The quantitative estimate of drug-likeness (QED) is 0.769. The van der Waals surface area contributed by atoms with Gasteiger partial charge in [-0.3, -0.25) is 4.79 Å². The van der Waals surface area contributed by atoms with Gasteiger partial charge in [-0.1, -0.05) is 12.1 Å². The molecular formula is C19H16N4O2. The standard InChI is InChI=1S/C19H16N4O2/c1-25-17-9-12(6-7-21-17)16-5-4-14(18(20)23-16)11-2-3-13-10-22-19(24)15(13)8-11/h2-9H,10H2,1H3,(H2,20,23)(H,22,24). The number of fused-ring (bicyclic) bond motifs is 1. The summed E-state index contributed by atoms with van der Waals surface area (Å²) in [5.41, 5.74) is 11.2. The highest BCUT2D eigenvalue weighted by Gasteiger charge is 2.19. The molecular weight excluding hydrogens is 316 g/mol. The van der Waals surface area contributed by atoms with E-state index in [1.54, 1.807) is 19.4 Å². The van der Waals surface area contributed by atoms with Crippen molar-refractivity contribution in [2.75, 3.05) is 12.8 Å². The van der Waals surface area contributed by atoms with Crippen LogP contribution >= 0.6 is 0 Å². The minimum atomic E-state index is -0.0520. The molecule has 25 heavy (non-hydrogen) atoms. The lowest BCUT2D eigenvalue weighted by molar-refractivity contribution is 0.0966. The van der Waals surface area contributed by atoms with E-state index in [1.807, 2.05) is 36.4 Å². The average Bonchev–Trinajstić information content (AvgIpc) is 3.02. The Kier molecular flexibility index (Phi) is 3.57. The number of nitrogens with one attached hydrogen (secondary N) is 1. The van der Waals surface area contributed by atoms with Crippen LogP contribution in [-0.4, -0.2) is 23.0 Å². The predicted octanol–water partition coefficient (Wildman–Crippen LogP) is 2.64. The molecule has 1 aromatic carbocycles. The van der Waals surface area contributed by atoms with Gasteiger partial charge in [-0.05, 0) is 35.4 Å². The minimum absolute atomic E-state index is 0.0520. The largest absolute Gasteiger partial charge is 0.481 e. The summed E-state index contributed by atoms with van der Waals surface area (Å²) in [6.07, 6.45) is 1.67. The van der Waals surface area contributed by atoms with Gasteiger partial charge in [0.05, 0.1) is 12.8 Å². The van der Waals surface area contributed by atoms with Crippen molar-refractivity contribution in [1.82, 2.24) is 15.3 Å². The number of rotatable bonds is 3. The maximum atomic E-state index is 11.9. The molecule has 0 atom stereocenters. The summed E-state index contributed by atoms with van der Waals surface area (Å²) < 4.78 is 5.14. The first-order chi connectivity index (χ1) is 12.2. The van der Waals surface area contributed by atoms with Crippen molar-refractivity contribution in [1.29, 1.82) is 0 Å². The van der Waals surface area contributed by atoms with E-state index in [0.29, 0.717) is 23.8 Å². The normalized spacial score (nSPS) is 12.6. The highest BCUT2D eigenvalue weighted by molar-refractivity contribution is 5.99. The molecule has 0 unspecified atom stereocenters. The lowest BCUT2D eigenvalue weighted by atomic mass is 10.00. The molecule has 0 bridgehead atoms. The third kappa shape index (κ3) is 2.67. The number of methoxy groups -OCH3 is 1. The number of hydrogen-bond donors (Lipinski definition) is 2. The van der Waals surface area contributed by atoms with E-state index in [9.17, 15) is 4.79 Å². The third-order valence-corrected chi connectivity index (χ3v) is 4.27. The van der Waals surface area contributed by atoms with E-state index in [2.05, 4.69) is 15.3 Å². The molecule has 3 aromatic rings. The Morgan fingerprint density at radius 2 is 1.96 bits per heavy atom. The van der Waals surface area contributed by atoms with Crippen LogP contribution in [-0.2, 0) is 6.54 Å². The Morgan fingerprint density at radius 1 is 1.08 bits per heavy atom. The van der Waals surface area contributed by atoms with Crippen molar-refractivity contribution in [3.05, 3.63) is 59.8 Å². The molecule has 3 N–H and O–H groups in total. The fourth-order valence-electron chi connectivity index (χ4n) is 2.94. The predicted molar refractivity (Wildman–Crippen MR) is 95.0 cm³/mol. The SMILES string of the molecule is COc1cc(-c2ccc(-c3ccc4c(c3)C(=O)NC4)c(N)n2)ccn1. The van der Waals surface area contributed by atoms with E-state index in [0.717, 1.165) is 27.9 Å². The van der Waals surface area contributed by atoms with E-state index < -0.39 is 0 Å². The highest BCUT2D eigenvalue weighted by atomic mass is 16.5. The first kappa shape index (κ1) is 15.1. The molecule has 3 heterocycles. The Hall–Kier alpha value is -3.41. The average molecular weight is 332 g/mol. The zero-order valence-corrected chi connectivity index (χ0v) is 13.6. The zero-order chi connectivity index (χ0) is 17.4. The number of carbonyl (C=O) groups is 1. The van der Waals surface area contributed by atoms with Crippen molar-refractivity contribution < 1.29 is 9.53 Å². The fraction of sp³-hybridized carbons (Fsp3) is 0.105. The molecule has 0 fully saturated rings. The molecule has 6 nitrogen and oxygen atoms in total. The summed E-state index contributed by atoms with van der Waals surface area (Å²) in [5.74, 6) is 0.877. The van der Waals surface area contributed by atoms with Crippen LogP contribution in [0.15, 0.2) is 48.7 Å². The molecule has 0 aliphatic carbocycles. The van der Waals surface area contributed by atoms with Crippen LogP contribution in [0.1, 0.15) is 15.9 Å². The van der Waals surface area contributed by atoms with Gasteiger partial charge in [0, 0.05) is 35.5 Å². The summed E-state index contributed by atoms with van der Waals surface area (Å²) in [7, 11) is 1.57. The van der Waals surface area contributed by atoms with Gasteiger partial charge in [0.1, 0.15) is 5.82 Å². The molecule has 1 aliphatic heterocycles. The number of anilines is 1. The van der Waals surface area contributed by atoms with Crippen molar-refractivity contribution in [2.45, 2.75) is 6.54 Å². The van der Waals surface area contributed by atoms with Crippen LogP contribution in [0.3, 0.4) is 0 Å². The van der Waals surface area contributed by atoms with Gasteiger partial charge in [0.15, 0.2) is 0 Å². The summed E-state index contributed by atoms with van der Waals surface area (Å²) in [6, 6.07) is 13.2. The van der Waals surface area contributed by atoms with Crippen LogP contribution in [0.5, 0.6) is 5.88 Å². The molecule has 0 spiro atoms. The number of hydrogen-bond acceptors (Lipinski definition) is 5. The lowest BCUT2D eigenvalue weighted by Crippen LogP contribution is -2.12. The fourth-order valence-corrected chi connectivity index (χ4v) is 2.94. The number of benzene rings is 1. The molecule has 0 radical (unpaired) electrons. The zero-order valence-electron chi connectivity index (χ0n) is 13.6. The lowest BCUT2D eigenvalue weighted by Gasteiger charge is -2.09. The topological polar surface area (TPSA) is 90.1 Å². The number of amides is 1. The summed E-state index contributed by atoms with van der Waals surface area (Å²) >= 11 is 0. The maximum absolute atomic E-state index is 11.9. The Bertz CT molecular complexity index is 985. The van der Waals surface area contributed by atoms with Crippen molar-refractivity contribution in [2.24, 2.45) is 0 Å². The van der Waals surface area contributed by atoms with E-state index >= 15 is 0 Å². The van der Waals surface area contributed by atoms with Crippen molar-refractivity contribution in [3.8, 4) is 28.3 Å². The number of carbonyl (C=O) groups excluding carboxylic acids is 1. The Morgan fingerprint density at radius 3 is 2.76 bits per heavy atom. The van der Waals surface area contributed by atoms with Crippen LogP contribution in [0.25, 0.3) is 22.4 Å². The number of aromatic nitrogens is 2. The van der Waals surface area contributed by atoms with E-state index in [-0.39, 0.29) is 5.91 Å². The van der Waals surface area contributed by atoms with Crippen LogP contribution in [0.2, 0.25) is 0 Å². The van der Waals surface area contributed by atoms with E-state index in [1.165, 1.54) is 0 Å². The van der Waals surface area contributed by atoms with Gasteiger partial charge < -0.3 is 15.8 Å². The number of nitrogens with zero attached hydrogens (tertiary/aromatic N) is 2. The molecule has 1 amide bonds. The van der Waals surface area contributed by atoms with Crippen LogP contribution in [0, 0.1) is 0 Å². The first-order valence-electron chi connectivity index (χ1n) is 7.84. The van der Waals surface area contributed by atoms with Crippen LogP contribution < -0.4 is 15.8 Å². The van der Waals surface area contributed by atoms with Gasteiger partial charge in [0.25, 0.3) is 5.91 Å². The second-order valence-electron chi connectivity index (χ2n) is 5.77. The van der Waals surface area contributed by atoms with Gasteiger partial charge in [0.2, 0.25) is 5.88 Å². The molecule has 2 aromatic heterocycles. The second kappa shape index (κ2) is 5.90. The van der Waals surface area contributed by atoms with Gasteiger partial charge in [-0.2, -0.15) is 0 Å². The minimum Gasteiger partial charge on any atom is -0.481 e. The Balaban J connectivity index is 1.73. The number of nitrogens with two attached hydrogens (primary N) is 1. The van der Waals surface area contributed by atoms with Crippen LogP contribution in [0.4, 0.5) is 5.82 Å². The summed E-state index contributed by atoms with van der Waals surface area (Å²) in [4.78, 5) is 20.5.